The lowest BCUT2D eigenvalue weighted by Gasteiger charge is -2.07. The predicted octanol–water partition coefficient (Wildman–Crippen LogP) is 1.78. The highest BCUT2D eigenvalue weighted by molar-refractivity contribution is 6.00. The summed E-state index contributed by atoms with van der Waals surface area (Å²) in [6.07, 6.45) is 1.63. The Morgan fingerprint density at radius 1 is 1.07 bits per heavy atom. The molecule has 158 valence electrons. The second kappa shape index (κ2) is 11.2. The van der Waals surface area contributed by atoms with E-state index in [9.17, 15) is 9.59 Å². The van der Waals surface area contributed by atoms with Crippen LogP contribution in [-0.2, 0) is 20.8 Å². The lowest BCUT2D eigenvalue weighted by Crippen LogP contribution is -2.24. The second-order valence-corrected chi connectivity index (χ2v) is 6.28. The van der Waals surface area contributed by atoms with Gasteiger partial charge in [-0.1, -0.05) is 6.07 Å². The quantitative estimate of drug-likeness (QED) is 0.433. The van der Waals surface area contributed by atoms with Crippen molar-refractivity contribution in [3.05, 3.63) is 46.4 Å². The topological polar surface area (TPSA) is 112 Å². The van der Waals surface area contributed by atoms with E-state index in [0.29, 0.717) is 48.2 Å². The van der Waals surface area contributed by atoms with E-state index < -0.39 is 5.97 Å². The zero-order valence-electron chi connectivity index (χ0n) is 17.2. The number of aromatic amines is 1. The third kappa shape index (κ3) is 6.30. The fourth-order valence-electron chi connectivity index (χ4n) is 2.67. The molecule has 2 rings (SSSR count). The van der Waals surface area contributed by atoms with Gasteiger partial charge in [-0.25, -0.2) is 9.78 Å². The molecule has 0 bridgehead atoms. The van der Waals surface area contributed by atoms with E-state index in [1.165, 1.54) is 7.11 Å². The van der Waals surface area contributed by atoms with E-state index in [4.69, 9.17) is 18.9 Å². The number of rotatable bonds is 11. The lowest BCUT2D eigenvalue weighted by molar-refractivity contribution is 0.0387. The molecule has 0 fully saturated rings. The summed E-state index contributed by atoms with van der Waals surface area (Å²) in [5, 5.41) is 2.82. The van der Waals surface area contributed by atoms with Crippen molar-refractivity contribution in [2.75, 3.05) is 40.6 Å². The fraction of sp³-hybridized carbons (Fsp3) is 0.450. The first-order valence-electron chi connectivity index (χ1n) is 9.18. The average molecular weight is 405 g/mol. The molecule has 9 nitrogen and oxygen atoms in total. The highest BCUT2D eigenvalue weighted by Gasteiger charge is 2.22. The van der Waals surface area contributed by atoms with Gasteiger partial charge in [-0.05, 0) is 25.0 Å². The standard InChI is InChI=1S/C20H27N3O6/c1-13-17(20(25)29-10-8-27-4)14(2)23-18(13)19(24)22-12-15-5-6-16(21-11-15)28-9-7-26-3/h5-6,11,23H,7-10,12H2,1-4H3,(H,22,24). The predicted molar refractivity (Wildman–Crippen MR) is 105 cm³/mol. The number of pyridine rings is 1. The van der Waals surface area contributed by atoms with Crippen LogP contribution in [-0.4, -0.2) is 62.5 Å². The first-order valence-corrected chi connectivity index (χ1v) is 9.18. The molecule has 2 N–H and O–H groups in total. The molecule has 0 unspecified atom stereocenters. The van der Waals surface area contributed by atoms with Crippen LogP contribution in [0.15, 0.2) is 18.3 Å². The van der Waals surface area contributed by atoms with Crippen LogP contribution in [0.5, 0.6) is 5.88 Å². The van der Waals surface area contributed by atoms with Gasteiger partial charge in [-0.15, -0.1) is 0 Å². The summed E-state index contributed by atoms with van der Waals surface area (Å²) in [7, 11) is 3.13. The molecule has 2 aromatic heterocycles. The smallest absolute Gasteiger partial charge is 0.340 e. The van der Waals surface area contributed by atoms with Crippen LogP contribution in [0, 0.1) is 13.8 Å². The number of hydrogen-bond donors (Lipinski definition) is 2. The number of methoxy groups -OCH3 is 2. The number of esters is 1. The van der Waals surface area contributed by atoms with Crippen LogP contribution in [0.1, 0.15) is 37.7 Å². The Balaban J connectivity index is 1.95. The maximum Gasteiger partial charge on any atom is 0.340 e. The molecule has 0 aliphatic rings. The molecule has 0 aliphatic carbocycles. The molecule has 2 heterocycles. The fourth-order valence-corrected chi connectivity index (χ4v) is 2.67. The van der Waals surface area contributed by atoms with Crippen LogP contribution in [0.3, 0.4) is 0 Å². The molecule has 0 aromatic carbocycles. The molecule has 0 saturated carbocycles. The number of carbonyl (C=O) groups is 2. The zero-order valence-corrected chi connectivity index (χ0v) is 17.2. The summed E-state index contributed by atoms with van der Waals surface area (Å²) in [4.78, 5) is 32.0. The molecular formula is C20H27N3O6. The molecule has 29 heavy (non-hydrogen) atoms. The minimum absolute atomic E-state index is 0.152. The number of hydrogen-bond acceptors (Lipinski definition) is 7. The van der Waals surface area contributed by atoms with Crippen molar-refractivity contribution in [2.24, 2.45) is 0 Å². The molecule has 1 amide bonds. The third-order valence-electron chi connectivity index (χ3n) is 4.18. The Morgan fingerprint density at radius 2 is 1.79 bits per heavy atom. The van der Waals surface area contributed by atoms with Crippen LogP contribution < -0.4 is 10.1 Å². The monoisotopic (exact) mass is 405 g/mol. The number of amides is 1. The number of nitrogens with zero attached hydrogens (tertiary/aromatic N) is 1. The van der Waals surface area contributed by atoms with E-state index in [1.807, 2.05) is 6.07 Å². The van der Waals surface area contributed by atoms with Gasteiger partial charge in [-0.3, -0.25) is 4.79 Å². The van der Waals surface area contributed by atoms with Gasteiger partial charge in [0.25, 0.3) is 5.91 Å². The molecule has 0 atom stereocenters. The van der Waals surface area contributed by atoms with Gasteiger partial charge >= 0.3 is 5.97 Å². The van der Waals surface area contributed by atoms with E-state index in [0.717, 1.165) is 5.56 Å². The number of aromatic nitrogens is 2. The van der Waals surface area contributed by atoms with Crippen molar-refractivity contribution in [3.63, 3.8) is 0 Å². The number of carbonyl (C=O) groups excluding carboxylic acids is 2. The molecular weight excluding hydrogens is 378 g/mol. The van der Waals surface area contributed by atoms with Crippen molar-refractivity contribution in [1.82, 2.24) is 15.3 Å². The maximum atomic E-state index is 12.6. The third-order valence-corrected chi connectivity index (χ3v) is 4.18. The highest BCUT2D eigenvalue weighted by atomic mass is 16.6. The summed E-state index contributed by atoms with van der Waals surface area (Å²) in [5.74, 6) is -0.313. The van der Waals surface area contributed by atoms with Crippen LogP contribution >= 0.6 is 0 Å². The Labute approximate surface area is 169 Å². The normalized spacial score (nSPS) is 10.6. The zero-order chi connectivity index (χ0) is 21.2. The minimum Gasteiger partial charge on any atom is -0.475 e. The van der Waals surface area contributed by atoms with Gasteiger partial charge in [0.15, 0.2) is 0 Å². The van der Waals surface area contributed by atoms with Crippen molar-refractivity contribution in [1.29, 1.82) is 0 Å². The lowest BCUT2D eigenvalue weighted by atomic mass is 10.1. The molecule has 2 aromatic rings. The summed E-state index contributed by atoms with van der Waals surface area (Å²) in [6.45, 7) is 5.08. The number of H-pyrrole nitrogens is 1. The van der Waals surface area contributed by atoms with Gasteiger partial charge in [0.05, 0.1) is 18.8 Å². The van der Waals surface area contributed by atoms with E-state index in [2.05, 4.69) is 15.3 Å². The van der Waals surface area contributed by atoms with Crippen LogP contribution in [0.2, 0.25) is 0 Å². The first kappa shape index (κ1) is 22.4. The van der Waals surface area contributed by atoms with Crippen molar-refractivity contribution in [2.45, 2.75) is 20.4 Å². The van der Waals surface area contributed by atoms with Gasteiger partial charge < -0.3 is 29.2 Å². The molecule has 9 heteroatoms. The summed E-state index contributed by atoms with van der Waals surface area (Å²) >= 11 is 0. The number of aryl methyl sites for hydroxylation is 1. The van der Waals surface area contributed by atoms with Gasteiger partial charge in [0, 0.05) is 38.7 Å². The van der Waals surface area contributed by atoms with Crippen molar-refractivity contribution in [3.8, 4) is 5.88 Å². The number of ether oxygens (including phenoxy) is 4. The minimum atomic E-state index is -0.486. The SMILES string of the molecule is COCCOC(=O)c1c(C)[nH]c(C(=O)NCc2ccc(OCCOC)nc2)c1C. The Kier molecular flexibility index (Phi) is 8.63. The first-order chi connectivity index (χ1) is 14.0. The van der Waals surface area contributed by atoms with Crippen molar-refractivity contribution >= 4 is 11.9 Å². The molecule has 0 saturated heterocycles. The van der Waals surface area contributed by atoms with Crippen LogP contribution in [0.4, 0.5) is 0 Å². The number of nitrogens with one attached hydrogen (secondary N) is 2. The Bertz CT molecular complexity index is 816. The largest absolute Gasteiger partial charge is 0.475 e. The highest BCUT2D eigenvalue weighted by Crippen LogP contribution is 2.19. The van der Waals surface area contributed by atoms with Gasteiger partial charge in [0.1, 0.15) is 18.9 Å². The van der Waals surface area contributed by atoms with Gasteiger partial charge in [0.2, 0.25) is 5.88 Å². The molecule has 0 aliphatic heterocycles. The molecule has 0 spiro atoms. The van der Waals surface area contributed by atoms with E-state index in [-0.39, 0.29) is 19.1 Å². The van der Waals surface area contributed by atoms with E-state index in [1.54, 1.807) is 33.2 Å². The van der Waals surface area contributed by atoms with Crippen molar-refractivity contribution < 1.29 is 28.5 Å². The summed E-state index contributed by atoms with van der Waals surface area (Å²) < 4.78 is 20.3. The van der Waals surface area contributed by atoms with E-state index >= 15 is 0 Å². The summed E-state index contributed by atoms with van der Waals surface area (Å²) in [5.41, 5.74) is 2.63. The Morgan fingerprint density at radius 3 is 2.45 bits per heavy atom. The molecule has 0 radical (unpaired) electrons. The average Bonchev–Trinajstić information content (AvgIpc) is 3.01. The van der Waals surface area contributed by atoms with Crippen LogP contribution in [0.25, 0.3) is 0 Å². The Hall–Kier alpha value is -2.91. The summed E-state index contributed by atoms with van der Waals surface area (Å²) in [6, 6.07) is 3.55. The maximum absolute atomic E-state index is 12.6. The second-order valence-electron chi connectivity index (χ2n) is 6.28. The van der Waals surface area contributed by atoms with Gasteiger partial charge in [-0.2, -0.15) is 0 Å².